The Hall–Kier alpha value is 0.0569. The van der Waals surface area contributed by atoms with Crippen LogP contribution in [0.1, 0.15) is 71.6 Å². The van der Waals surface area contributed by atoms with E-state index in [0.717, 1.165) is 55.9 Å². The van der Waals surface area contributed by atoms with Crippen LogP contribution in [0.25, 0.3) is 0 Å². The highest BCUT2D eigenvalue weighted by atomic mass is 28.2. The SMILES string of the molecule is CCC(CC)(CCCCN(C1CCCO1)C1CCCO1)O[SiH3]. The molecular formula is C17H35NO3Si. The number of nitrogens with zero attached hydrogens (tertiary/aromatic N) is 1. The van der Waals surface area contributed by atoms with E-state index in [1.54, 1.807) is 0 Å². The van der Waals surface area contributed by atoms with E-state index in [2.05, 4.69) is 18.7 Å². The summed E-state index contributed by atoms with van der Waals surface area (Å²) in [6, 6.07) is 0. The average molecular weight is 330 g/mol. The highest BCUT2D eigenvalue weighted by Gasteiger charge is 2.32. The lowest BCUT2D eigenvalue weighted by Gasteiger charge is -2.34. The summed E-state index contributed by atoms with van der Waals surface area (Å²) in [5.41, 5.74) is 0.144. The van der Waals surface area contributed by atoms with E-state index >= 15 is 0 Å². The Morgan fingerprint density at radius 2 is 1.64 bits per heavy atom. The molecular weight excluding hydrogens is 294 g/mol. The van der Waals surface area contributed by atoms with Crippen molar-refractivity contribution in [2.75, 3.05) is 19.8 Å². The standard InChI is InChI=1S/C17H35NO3Si/c1-3-17(4-2,21-22)11-5-6-12-18(15-9-7-13-19-15)16-10-8-14-20-16/h15-16H,3-14H2,1-2,22H3. The van der Waals surface area contributed by atoms with Crippen LogP contribution in [0.15, 0.2) is 0 Å². The van der Waals surface area contributed by atoms with E-state index in [-0.39, 0.29) is 5.60 Å². The summed E-state index contributed by atoms with van der Waals surface area (Å²) in [5, 5.41) is 0. The normalized spacial score (nSPS) is 26.3. The number of ether oxygens (including phenoxy) is 2. The van der Waals surface area contributed by atoms with Crippen molar-refractivity contribution in [3.05, 3.63) is 0 Å². The third-order valence-corrected chi connectivity index (χ3v) is 6.44. The lowest BCUT2D eigenvalue weighted by Crippen LogP contribution is -2.43. The lowest BCUT2D eigenvalue weighted by atomic mass is 9.91. The van der Waals surface area contributed by atoms with Crippen LogP contribution in [0.3, 0.4) is 0 Å². The van der Waals surface area contributed by atoms with E-state index < -0.39 is 0 Å². The van der Waals surface area contributed by atoms with Crippen molar-refractivity contribution in [3.8, 4) is 0 Å². The molecule has 2 unspecified atom stereocenters. The molecule has 0 amide bonds. The molecule has 5 heteroatoms. The van der Waals surface area contributed by atoms with E-state index in [1.165, 1.54) is 32.1 Å². The first-order valence-corrected chi connectivity index (χ1v) is 10.1. The second-order valence-corrected chi connectivity index (χ2v) is 7.13. The molecule has 4 nitrogen and oxygen atoms in total. The van der Waals surface area contributed by atoms with Gasteiger partial charge in [-0.1, -0.05) is 13.8 Å². The average Bonchev–Trinajstić information content (AvgIpc) is 3.25. The number of rotatable bonds is 10. The molecule has 2 fully saturated rings. The van der Waals surface area contributed by atoms with Crippen molar-refractivity contribution in [1.82, 2.24) is 4.90 Å². The molecule has 0 aliphatic carbocycles. The van der Waals surface area contributed by atoms with Gasteiger partial charge in [0.2, 0.25) is 0 Å². The number of hydrogen-bond donors (Lipinski definition) is 0. The van der Waals surface area contributed by atoms with Crippen LogP contribution in [0.5, 0.6) is 0 Å². The molecule has 0 saturated carbocycles. The van der Waals surface area contributed by atoms with Crippen molar-refractivity contribution in [1.29, 1.82) is 0 Å². The molecule has 2 saturated heterocycles. The molecule has 2 heterocycles. The van der Waals surface area contributed by atoms with Crippen molar-refractivity contribution < 1.29 is 13.9 Å². The number of unbranched alkanes of at least 4 members (excludes halogenated alkanes) is 1. The molecule has 2 aliphatic heterocycles. The van der Waals surface area contributed by atoms with Gasteiger partial charge in [-0.15, -0.1) is 0 Å². The highest BCUT2D eigenvalue weighted by molar-refractivity contribution is 5.98. The van der Waals surface area contributed by atoms with E-state index in [1.807, 2.05) is 0 Å². The maximum Gasteiger partial charge on any atom is 0.146 e. The molecule has 2 atom stereocenters. The second kappa shape index (κ2) is 9.38. The minimum absolute atomic E-state index is 0.144. The van der Waals surface area contributed by atoms with Gasteiger partial charge in [0.25, 0.3) is 0 Å². The second-order valence-electron chi connectivity index (χ2n) is 6.72. The first-order valence-electron chi connectivity index (χ1n) is 9.29. The molecule has 22 heavy (non-hydrogen) atoms. The van der Waals surface area contributed by atoms with Crippen LogP contribution in [0.2, 0.25) is 0 Å². The molecule has 0 aromatic heterocycles. The summed E-state index contributed by atoms with van der Waals surface area (Å²) in [6.07, 6.45) is 11.2. The third-order valence-electron chi connectivity index (χ3n) is 5.57. The Labute approximate surface area is 139 Å². The zero-order chi connectivity index (χ0) is 15.8. The topological polar surface area (TPSA) is 30.9 Å². The van der Waals surface area contributed by atoms with Crippen LogP contribution in [0.4, 0.5) is 0 Å². The minimum atomic E-state index is 0.144. The van der Waals surface area contributed by atoms with Gasteiger partial charge in [-0.3, -0.25) is 4.90 Å². The van der Waals surface area contributed by atoms with Crippen LogP contribution < -0.4 is 0 Å². The van der Waals surface area contributed by atoms with Gasteiger partial charge in [-0.2, -0.15) is 0 Å². The van der Waals surface area contributed by atoms with Gasteiger partial charge in [0, 0.05) is 19.8 Å². The summed E-state index contributed by atoms with van der Waals surface area (Å²) in [5.74, 6) is 0. The Morgan fingerprint density at radius 1 is 1.05 bits per heavy atom. The molecule has 0 aromatic carbocycles. The van der Waals surface area contributed by atoms with E-state index in [9.17, 15) is 0 Å². The maximum atomic E-state index is 5.92. The molecule has 0 aromatic rings. The predicted octanol–water partition coefficient (Wildman–Crippen LogP) is 2.59. The highest BCUT2D eigenvalue weighted by Crippen LogP contribution is 2.28. The minimum Gasteiger partial charge on any atom is -0.422 e. The van der Waals surface area contributed by atoms with Crippen molar-refractivity contribution in [2.24, 2.45) is 0 Å². The molecule has 0 N–H and O–H groups in total. The van der Waals surface area contributed by atoms with Crippen LogP contribution in [-0.4, -0.2) is 53.2 Å². The molecule has 2 rings (SSSR count). The zero-order valence-electron chi connectivity index (χ0n) is 14.8. The van der Waals surface area contributed by atoms with Gasteiger partial charge >= 0.3 is 0 Å². The summed E-state index contributed by atoms with van der Waals surface area (Å²) < 4.78 is 17.8. The largest absolute Gasteiger partial charge is 0.422 e. The van der Waals surface area contributed by atoms with Gasteiger partial charge in [0.1, 0.15) is 22.9 Å². The van der Waals surface area contributed by atoms with Gasteiger partial charge in [-0.25, -0.2) is 0 Å². The molecule has 130 valence electrons. The molecule has 2 aliphatic rings. The summed E-state index contributed by atoms with van der Waals surface area (Å²) >= 11 is 0. The molecule has 0 radical (unpaired) electrons. The first kappa shape index (κ1) is 18.4. The predicted molar refractivity (Wildman–Crippen MR) is 92.8 cm³/mol. The monoisotopic (exact) mass is 329 g/mol. The fourth-order valence-electron chi connectivity index (χ4n) is 3.85. The Bertz CT molecular complexity index is 276. The first-order chi connectivity index (χ1) is 10.7. The summed E-state index contributed by atoms with van der Waals surface area (Å²) in [7, 11) is 0.842. The van der Waals surface area contributed by atoms with Crippen LogP contribution in [-0.2, 0) is 13.9 Å². The Balaban J connectivity index is 1.78. The fourth-order valence-corrected chi connectivity index (χ4v) is 4.64. The van der Waals surface area contributed by atoms with Crippen LogP contribution in [0, 0.1) is 0 Å². The van der Waals surface area contributed by atoms with Gasteiger partial charge in [-0.05, 0) is 57.8 Å². The van der Waals surface area contributed by atoms with E-state index in [4.69, 9.17) is 13.9 Å². The fraction of sp³-hybridized carbons (Fsp3) is 1.00. The van der Waals surface area contributed by atoms with Crippen molar-refractivity contribution in [3.63, 3.8) is 0 Å². The maximum absolute atomic E-state index is 5.92. The van der Waals surface area contributed by atoms with Crippen molar-refractivity contribution >= 4 is 10.5 Å². The molecule has 0 bridgehead atoms. The Kier molecular flexibility index (Phi) is 7.84. The summed E-state index contributed by atoms with van der Waals surface area (Å²) in [6.45, 7) is 7.44. The molecule has 0 spiro atoms. The number of hydrogen-bond acceptors (Lipinski definition) is 4. The van der Waals surface area contributed by atoms with Gasteiger partial charge < -0.3 is 13.9 Å². The Morgan fingerprint density at radius 3 is 2.05 bits per heavy atom. The van der Waals surface area contributed by atoms with E-state index in [0.29, 0.717) is 12.5 Å². The quantitative estimate of drug-likeness (QED) is 0.455. The zero-order valence-corrected chi connectivity index (χ0v) is 16.8. The lowest BCUT2D eigenvalue weighted by molar-refractivity contribution is -0.117. The summed E-state index contributed by atoms with van der Waals surface area (Å²) in [4.78, 5) is 2.49. The smallest absolute Gasteiger partial charge is 0.146 e. The van der Waals surface area contributed by atoms with Crippen molar-refractivity contribution in [2.45, 2.75) is 89.7 Å². The van der Waals surface area contributed by atoms with Gasteiger partial charge in [0.15, 0.2) is 0 Å². The van der Waals surface area contributed by atoms with Crippen LogP contribution >= 0.6 is 0 Å². The third kappa shape index (κ3) is 4.77. The van der Waals surface area contributed by atoms with Gasteiger partial charge in [0.05, 0.1) is 5.60 Å².